The van der Waals surface area contributed by atoms with Crippen molar-refractivity contribution in [3.63, 3.8) is 0 Å². The second-order valence-corrected chi connectivity index (χ2v) is 11.7. The van der Waals surface area contributed by atoms with E-state index in [2.05, 4.69) is 6.07 Å². The van der Waals surface area contributed by atoms with Gasteiger partial charge in [-0.1, -0.05) is 24.3 Å². The smallest absolute Gasteiger partial charge is 0.329 e. The van der Waals surface area contributed by atoms with Gasteiger partial charge in [0.1, 0.15) is 22.6 Å². The average molecular weight is 568 g/mol. The van der Waals surface area contributed by atoms with E-state index < -0.39 is 58.3 Å². The van der Waals surface area contributed by atoms with Crippen molar-refractivity contribution in [1.29, 1.82) is 5.26 Å². The van der Waals surface area contributed by atoms with Gasteiger partial charge in [0, 0.05) is 17.9 Å². The Bertz CT molecular complexity index is 1320. The number of carbonyl (C=O) groups excluding carboxylic acids is 3. The standard InChI is InChI=1S/C32H38FNO7/c1-19(2)39-28(36)32(29(37)40-20(3)4)25-23(11-9-12-24(25)33)31(17-10-18-34,27(35)41-30(5,6)7)26(32)21-13-15-22(38-8)16-14-21/h9,11-16,19-20,26H,10,17H2,1-8H3/t26-,31-/m1/s1. The Balaban J connectivity index is 2.61. The fourth-order valence-electron chi connectivity index (χ4n) is 5.67. The first kappa shape index (κ1) is 31.6. The number of hydrogen-bond acceptors (Lipinski definition) is 8. The van der Waals surface area contributed by atoms with Crippen molar-refractivity contribution in [3.8, 4) is 11.8 Å². The summed E-state index contributed by atoms with van der Waals surface area (Å²) in [6, 6.07) is 12.6. The molecule has 2 atom stereocenters. The van der Waals surface area contributed by atoms with Gasteiger partial charge in [0.05, 0.1) is 25.4 Å². The minimum atomic E-state index is -2.45. The summed E-state index contributed by atoms with van der Waals surface area (Å²) in [5, 5.41) is 9.69. The molecule has 0 heterocycles. The van der Waals surface area contributed by atoms with Crippen molar-refractivity contribution in [2.75, 3.05) is 7.11 Å². The van der Waals surface area contributed by atoms with Gasteiger partial charge in [-0.25, -0.2) is 4.39 Å². The van der Waals surface area contributed by atoms with E-state index in [1.54, 1.807) is 72.7 Å². The summed E-state index contributed by atoms with van der Waals surface area (Å²) >= 11 is 0. The van der Waals surface area contributed by atoms with Crippen molar-refractivity contribution >= 4 is 17.9 Å². The van der Waals surface area contributed by atoms with Crippen molar-refractivity contribution < 1.29 is 37.7 Å². The minimum absolute atomic E-state index is 0.0734. The summed E-state index contributed by atoms with van der Waals surface area (Å²) in [5.74, 6) is -4.72. The Hall–Kier alpha value is -3.93. The lowest BCUT2D eigenvalue weighted by atomic mass is 9.61. The van der Waals surface area contributed by atoms with Crippen LogP contribution in [0.4, 0.5) is 4.39 Å². The summed E-state index contributed by atoms with van der Waals surface area (Å²) in [4.78, 5) is 43.2. The second-order valence-electron chi connectivity index (χ2n) is 11.7. The molecule has 8 nitrogen and oxygen atoms in total. The van der Waals surface area contributed by atoms with Gasteiger partial charge in [-0.2, -0.15) is 5.26 Å². The highest BCUT2D eigenvalue weighted by atomic mass is 19.1. The van der Waals surface area contributed by atoms with Crippen LogP contribution >= 0.6 is 0 Å². The Labute approximate surface area is 240 Å². The Morgan fingerprint density at radius 2 is 1.51 bits per heavy atom. The van der Waals surface area contributed by atoms with Gasteiger partial charge in [-0.15, -0.1) is 0 Å². The summed E-state index contributed by atoms with van der Waals surface area (Å²) in [6.07, 6.45) is -1.70. The van der Waals surface area contributed by atoms with Gasteiger partial charge in [-0.05, 0) is 84.2 Å². The van der Waals surface area contributed by atoms with Crippen LogP contribution in [0.15, 0.2) is 42.5 Å². The topological polar surface area (TPSA) is 112 Å². The molecule has 0 unspecified atom stereocenters. The molecule has 1 aliphatic rings. The van der Waals surface area contributed by atoms with E-state index in [4.69, 9.17) is 18.9 Å². The van der Waals surface area contributed by atoms with E-state index in [-0.39, 0.29) is 24.0 Å². The molecule has 0 N–H and O–H groups in total. The van der Waals surface area contributed by atoms with Gasteiger partial charge in [0.25, 0.3) is 0 Å². The van der Waals surface area contributed by atoms with Crippen LogP contribution in [0.3, 0.4) is 0 Å². The average Bonchev–Trinajstić information content (AvgIpc) is 3.15. The zero-order valence-electron chi connectivity index (χ0n) is 24.9. The first-order valence-electron chi connectivity index (χ1n) is 13.6. The van der Waals surface area contributed by atoms with E-state index in [9.17, 15) is 19.6 Å². The van der Waals surface area contributed by atoms with E-state index in [0.29, 0.717) is 11.3 Å². The van der Waals surface area contributed by atoms with Gasteiger partial charge >= 0.3 is 17.9 Å². The number of hydrogen-bond donors (Lipinski definition) is 0. The van der Waals surface area contributed by atoms with E-state index in [0.717, 1.165) is 6.07 Å². The van der Waals surface area contributed by atoms with Crippen molar-refractivity contribution in [2.45, 2.75) is 95.9 Å². The van der Waals surface area contributed by atoms with E-state index in [1.165, 1.54) is 19.2 Å². The number of methoxy groups -OCH3 is 1. The summed E-state index contributed by atoms with van der Waals surface area (Å²) < 4.78 is 38.8. The van der Waals surface area contributed by atoms with Gasteiger partial charge in [-0.3, -0.25) is 14.4 Å². The quantitative estimate of drug-likeness (QED) is 0.217. The lowest BCUT2D eigenvalue weighted by Gasteiger charge is -2.41. The number of ether oxygens (including phenoxy) is 4. The van der Waals surface area contributed by atoms with Crippen LogP contribution in [0, 0.1) is 17.1 Å². The van der Waals surface area contributed by atoms with Crippen LogP contribution in [0.25, 0.3) is 0 Å². The number of rotatable bonds is 9. The molecular formula is C32H38FNO7. The Kier molecular flexibility index (Phi) is 9.17. The molecule has 0 fully saturated rings. The number of benzene rings is 2. The molecule has 0 amide bonds. The van der Waals surface area contributed by atoms with E-state index in [1.807, 2.05) is 0 Å². The number of carbonyl (C=O) groups is 3. The molecule has 0 spiro atoms. The largest absolute Gasteiger partial charge is 0.497 e. The molecule has 9 heteroatoms. The first-order chi connectivity index (χ1) is 19.2. The molecule has 1 aliphatic carbocycles. The second kappa shape index (κ2) is 11.9. The third-order valence-corrected chi connectivity index (χ3v) is 6.99. The Morgan fingerprint density at radius 1 is 0.951 bits per heavy atom. The maximum Gasteiger partial charge on any atom is 0.329 e. The number of nitriles is 1. The molecule has 0 radical (unpaired) electrons. The van der Waals surface area contributed by atoms with Crippen LogP contribution < -0.4 is 4.74 Å². The fraction of sp³-hybridized carbons (Fsp3) is 0.500. The summed E-state index contributed by atoms with van der Waals surface area (Å²) in [7, 11) is 1.48. The molecular weight excluding hydrogens is 529 g/mol. The molecule has 220 valence electrons. The van der Waals surface area contributed by atoms with E-state index >= 15 is 4.39 Å². The molecule has 3 rings (SSSR count). The van der Waals surface area contributed by atoms with Crippen LogP contribution in [0.5, 0.6) is 5.75 Å². The van der Waals surface area contributed by atoms with Crippen LogP contribution in [0.2, 0.25) is 0 Å². The first-order valence-corrected chi connectivity index (χ1v) is 13.6. The lowest BCUT2D eigenvalue weighted by molar-refractivity contribution is -0.174. The van der Waals surface area contributed by atoms with Crippen molar-refractivity contribution in [3.05, 3.63) is 65.0 Å². The zero-order valence-corrected chi connectivity index (χ0v) is 24.9. The maximum atomic E-state index is 16.2. The highest BCUT2D eigenvalue weighted by molar-refractivity contribution is 6.12. The Morgan fingerprint density at radius 3 is 1.98 bits per heavy atom. The van der Waals surface area contributed by atoms with Gasteiger partial charge in [0.2, 0.25) is 5.41 Å². The number of nitrogens with zero attached hydrogens (tertiary/aromatic N) is 1. The maximum absolute atomic E-state index is 16.2. The predicted molar refractivity (Wildman–Crippen MR) is 149 cm³/mol. The number of fused-ring (bicyclic) bond motifs is 1. The molecule has 2 aromatic carbocycles. The van der Waals surface area contributed by atoms with Crippen molar-refractivity contribution in [2.24, 2.45) is 0 Å². The third kappa shape index (κ3) is 5.65. The van der Waals surface area contributed by atoms with Crippen LogP contribution in [-0.4, -0.2) is 42.8 Å². The fourth-order valence-corrected chi connectivity index (χ4v) is 5.67. The van der Waals surface area contributed by atoms with Crippen LogP contribution in [0.1, 0.15) is 83.9 Å². The molecule has 0 saturated heterocycles. The van der Waals surface area contributed by atoms with Crippen molar-refractivity contribution in [1.82, 2.24) is 0 Å². The molecule has 41 heavy (non-hydrogen) atoms. The molecule has 0 saturated carbocycles. The zero-order chi connectivity index (χ0) is 30.8. The summed E-state index contributed by atoms with van der Waals surface area (Å²) in [6.45, 7) is 11.5. The minimum Gasteiger partial charge on any atom is -0.497 e. The highest BCUT2D eigenvalue weighted by Crippen LogP contribution is 2.63. The third-order valence-electron chi connectivity index (χ3n) is 6.99. The lowest BCUT2D eigenvalue weighted by Crippen LogP contribution is -2.55. The molecule has 0 bridgehead atoms. The monoisotopic (exact) mass is 567 g/mol. The van der Waals surface area contributed by atoms with Gasteiger partial charge in [0.15, 0.2) is 0 Å². The normalized spacial score (nSPS) is 19.3. The highest BCUT2D eigenvalue weighted by Gasteiger charge is 2.73. The molecule has 0 aliphatic heterocycles. The molecule has 2 aromatic rings. The number of halogens is 1. The number of esters is 3. The predicted octanol–water partition coefficient (Wildman–Crippen LogP) is 5.66. The van der Waals surface area contributed by atoms with Crippen LogP contribution in [-0.2, 0) is 39.4 Å². The SMILES string of the molecule is COc1ccc([C@H]2C(C(=O)OC(C)C)(C(=O)OC(C)C)c3c(F)cccc3[C@@]2(CCC#N)C(=O)OC(C)(C)C)cc1. The molecule has 0 aromatic heterocycles. The summed E-state index contributed by atoms with van der Waals surface area (Å²) in [5.41, 5.74) is -5.19. The van der Waals surface area contributed by atoms with Gasteiger partial charge < -0.3 is 18.9 Å².